The highest BCUT2D eigenvalue weighted by Gasteiger charge is 2.06. The first-order valence-electron chi connectivity index (χ1n) is 4.84. The van der Waals surface area contributed by atoms with Gasteiger partial charge in [-0.1, -0.05) is 11.6 Å². The minimum Gasteiger partial charge on any atom is -0.486 e. The highest BCUT2D eigenvalue weighted by molar-refractivity contribution is 9.10. The third-order valence-corrected chi connectivity index (χ3v) is 2.95. The quantitative estimate of drug-likeness (QED) is 0.791. The minimum absolute atomic E-state index is 0.108. The Bertz CT molecular complexity index is 536. The van der Waals surface area contributed by atoms with Gasteiger partial charge in [0.2, 0.25) is 0 Å². The summed E-state index contributed by atoms with van der Waals surface area (Å²) in [6.45, 7) is 0.108. The van der Waals surface area contributed by atoms with E-state index in [4.69, 9.17) is 16.3 Å². The monoisotopic (exact) mass is 315 g/mol. The number of nitrogens with zero attached hydrogens (tertiary/aromatic N) is 1. The zero-order valence-electron chi connectivity index (χ0n) is 8.66. The zero-order chi connectivity index (χ0) is 12.3. The number of hydrogen-bond acceptors (Lipinski definition) is 2. The standard InChI is InChI=1S/C12H8BrClFNO/c13-12-11(2-1-5-16-12)17-7-8-6-9(14)3-4-10(8)15/h1-6H,7H2. The Morgan fingerprint density at radius 1 is 1.35 bits per heavy atom. The topological polar surface area (TPSA) is 22.1 Å². The highest BCUT2D eigenvalue weighted by Crippen LogP contribution is 2.23. The van der Waals surface area contributed by atoms with Crippen LogP contribution in [0.5, 0.6) is 5.75 Å². The van der Waals surface area contributed by atoms with E-state index >= 15 is 0 Å². The second-order valence-corrected chi connectivity index (χ2v) is 4.50. The van der Waals surface area contributed by atoms with Crippen molar-refractivity contribution in [2.75, 3.05) is 0 Å². The van der Waals surface area contributed by atoms with Crippen LogP contribution in [0.25, 0.3) is 0 Å². The molecule has 0 saturated carbocycles. The number of ether oxygens (including phenoxy) is 1. The number of hydrogen-bond donors (Lipinski definition) is 0. The lowest BCUT2D eigenvalue weighted by Gasteiger charge is -2.08. The normalized spacial score (nSPS) is 10.3. The van der Waals surface area contributed by atoms with E-state index in [1.165, 1.54) is 12.1 Å². The molecule has 1 aromatic heterocycles. The molecule has 0 spiro atoms. The van der Waals surface area contributed by atoms with Crippen LogP contribution in [0, 0.1) is 5.82 Å². The van der Waals surface area contributed by atoms with Gasteiger partial charge in [-0.3, -0.25) is 0 Å². The fraction of sp³-hybridized carbons (Fsp3) is 0.0833. The molecule has 0 atom stereocenters. The maximum absolute atomic E-state index is 13.4. The molecule has 0 radical (unpaired) electrons. The molecule has 0 aliphatic carbocycles. The smallest absolute Gasteiger partial charge is 0.152 e. The predicted octanol–water partition coefficient (Wildman–Crippen LogP) is 4.22. The van der Waals surface area contributed by atoms with Gasteiger partial charge in [-0.25, -0.2) is 9.37 Å². The van der Waals surface area contributed by atoms with Gasteiger partial charge in [0.05, 0.1) is 0 Å². The van der Waals surface area contributed by atoms with E-state index in [9.17, 15) is 4.39 Å². The van der Waals surface area contributed by atoms with E-state index in [0.29, 0.717) is 20.9 Å². The van der Waals surface area contributed by atoms with Crippen LogP contribution < -0.4 is 4.74 Å². The Hall–Kier alpha value is -1.13. The summed E-state index contributed by atoms with van der Waals surface area (Å²) in [5.74, 6) is 0.223. The van der Waals surface area contributed by atoms with Crippen molar-refractivity contribution in [1.82, 2.24) is 4.98 Å². The van der Waals surface area contributed by atoms with Crippen molar-refractivity contribution in [3.05, 3.63) is 57.5 Å². The SMILES string of the molecule is Fc1ccc(Cl)cc1COc1cccnc1Br. The summed E-state index contributed by atoms with van der Waals surface area (Å²) in [6, 6.07) is 7.86. The van der Waals surface area contributed by atoms with Crippen LogP contribution in [-0.4, -0.2) is 4.98 Å². The Morgan fingerprint density at radius 2 is 2.18 bits per heavy atom. The van der Waals surface area contributed by atoms with Crippen molar-refractivity contribution in [1.29, 1.82) is 0 Å². The van der Waals surface area contributed by atoms with Gasteiger partial charge < -0.3 is 4.74 Å². The first-order chi connectivity index (χ1) is 8.16. The average Bonchev–Trinajstić information content (AvgIpc) is 2.32. The van der Waals surface area contributed by atoms with E-state index in [0.717, 1.165) is 0 Å². The number of rotatable bonds is 3. The lowest BCUT2D eigenvalue weighted by Crippen LogP contribution is -1.99. The van der Waals surface area contributed by atoms with Gasteiger partial charge in [0.25, 0.3) is 0 Å². The molecule has 0 aliphatic heterocycles. The summed E-state index contributed by atoms with van der Waals surface area (Å²) in [5, 5.41) is 0.482. The third kappa shape index (κ3) is 3.17. The second-order valence-electron chi connectivity index (χ2n) is 3.32. The van der Waals surface area contributed by atoms with Gasteiger partial charge >= 0.3 is 0 Å². The van der Waals surface area contributed by atoms with Crippen LogP contribution in [0.2, 0.25) is 5.02 Å². The van der Waals surface area contributed by atoms with E-state index in [2.05, 4.69) is 20.9 Å². The Morgan fingerprint density at radius 3 is 2.94 bits per heavy atom. The molecule has 17 heavy (non-hydrogen) atoms. The average molecular weight is 317 g/mol. The molecule has 0 fully saturated rings. The van der Waals surface area contributed by atoms with Crippen molar-refractivity contribution in [3.8, 4) is 5.75 Å². The van der Waals surface area contributed by atoms with E-state index in [1.54, 1.807) is 24.4 Å². The molecule has 0 bridgehead atoms. The Balaban J connectivity index is 2.12. The molecule has 2 rings (SSSR count). The van der Waals surface area contributed by atoms with Crippen LogP contribution in [0.3, 0.4) is 0 Å². The van der Waals surface area contributed by atoms with Gasteiger partial charge in [-0.05, 0) is 46.3 Å². The number of aromatic nitrogens is 1. The fourth-order valence-electron chi connectivity index (χ4n) is 1.29. The summed E-state index contributed by atoms with van der Waals surface area (Å²) in [5.41, 5.74) is 0.410. The molecular weight excluding hydrogens is 308 g/mol. The van der Waals surface area contributed by atoms with Crippen molar-refractivity contribution >= 4 is 27.5 Å². The summed E-state index contributed by atoms with van der Waals surface area (Å²) in [4.78, 5) is 4.00. The minimum atomic E-state index is -0.339. The number of halogens is 3. The van der Waals surface area contributed by atoms with Crippen LogP contribution in [0.4, 0.5) is 4.39 Å². The molecule has 0 unspecified atom stereocenters. The molecule has 88 valence electrons. The maximum Gasteiger partial charge on any atom is 0.152 e. The van der Waals surface area contributed by atoms with Crippen LogP contribution in [-0.2, 0) is 6.61 Å². The van der Waals surface area contributed by atoms with Crippen LogP contribution in [0.15, 0.2) is 41.1 Å². The van der Waals surface area contributed by atoms with Crippen molar-refractivity contribution < 1.29 is 9.13 Å². The van der Waals surface area contributed by atoms with Crippen LogP contribution >= 0.6 is 27.5 Å². The van der Waals surface area contributed by atoms with E-state index in [1.807, 2.05) is 0 Å². The van der Waals surface area contributed by atoms with Crippen LogP contribution in [0.1, 0.15) is 5.56 Å². The van der Waals surface area contributed by atoms with Gasteiger partial charge in [0, 0.05) is 16.8 Å². The highest BCUT2D eigenvalue weighted by atomic mass is 79.9. The van der Waals surface area contributed by atoms with Crippen molar-refractivity contribution in [2.24, 2.45) is 0 Å². The second kappa shape index (κ2) is 5.47. The molecule has 2 aromatic rings. The molecule has 1 heterocycles. The number of benzene rings is 1. The van der Waals surface area contributed by atoms with E-state index in [-0.39, 0.29) is 12.4 Å². The lowest BCUT2D eigenvalue weighted by atomic mass is 10.2. The first-order valence-corrected chi connectivity index (χ1v) is 6.01. The van der Waals surface area contributed by atoms with Crippen molar-refractivity contribution in [3.63, 3.8) is 0 Å². The lowest BCUT2D eigenvalue weighted by molar-refractivity contribution is 0.296. The molecule has 1 aromatic carbocycles. The summed E-state index contributed by atoms with van der Waals surface area (Å²) < 4.78 is 19.4. The largest absolute Gasteiger partial charge is 0.486 e. The summed E-state index contributed by atoms with van der Waals surface area (Å²) in [7, 11) is 0. The zero-order valence-corrected chi connectivity index (χ0v) is 11.0. The van der Waals surface area contributed by atoms with Gasteiger partial charge in [0.1, 0.15) is 17.0 Å². The predicted molar refractivity (Wildman–Crippen MR) is 67.7 cm³/mol. The molecule has 5 heteroatoms. The summed E-state index contributed by atoms with van der Waals surface area (Å²) >= 11 is 9.03. The summed E-state index contributed by atoms with van der Waals surface area (Å²) in [6.07, 6.45) is 1.64. The molecule has 0 N–H and O–H groups in total. The number of pyridine rings is 1. The Labute approximate surface area is 112 Å². The molecular formula is C12H8BrClFNO. The molecule has 0 amide bonds. The fourth-order valence-corrected chi connectivity index (χ4v) is 1.85. The first kappa shape index (κ1) is 12.3. The third-order valence-electron chi connectivity index (χ3n) is 2.12. The Kier molecular flexibility index (Phi) is 3.97. The maximum atomic E-state index is 13.4. The van der Waals surface area contributed by atoms with Gasteiger partial charge in [0.15, 0.2) is 5.75 Å². The van der Waals surface area contributed by atoms with Crippen molar-refractivity contribution in [2.45, 2.75) is 6.61 Å². The van der Waals surface area contributed by atoms with E-state index < -0.39 is 0 Å². The molecule has 0 aliphatic rings. The van der Waals surface area contributed by atoms with Gasteiger partial charge in [-0.2, -0.15) is 0 Å². The van der Waals surface area contributed by atoms with Gasteiger partial charge in [-0.15, -0.1) is 0 Å². The molecule has 2 nitrogen and oxygen atoms in total. The molecule has 0 saturated heterocycles.